The van der Waals surface area contributed by atoms with Crippen LogP contribution in [0.5, 0.6) is 0 Å². The molecule has 0 saturated carbocycles. The zero-order valence-electron chi connectivity index (χ0n) is 11.1. The first-order valence-corrected chi connectivity index (χ1v) is 6.43. The molecular formula is C13H28N2. The Morgan fingerprint density at radius 1 is 1.20 bits per heavy atom. The molecule has 1 N–H and O–H groups in total. The van der Waals surface area contributed by atoms with E-state index < -0.39 is 0 Å². The molecule has 0 radical (unpaired) electrons. The Balaban J connectivity index is 2.57. The number of rotatable bonds is 4. The van der Waals surface area contributed by atoms with E-state index in [1.165, 1.54) is 19.5 Å². The molecule has 0 bridgehead atoms. The standard InChI is InChI=1S/C13H28N2/c1-10(2)13(7-14-5)15-8-11(3)6-12(4)9-15/h10-14H,6-9H2,1-5H3. The highest BCUT2D eigenvalue weighted by Gasteiger charge is 2.28. The van der Waals surface area contributed by atoms with Crippen LogP contribution in [0.15, 0.2) is 0 Å². The van der Waals surface area contributed by atoms with Gasteiger partial charge in [-0.1, -0.05) is 27.7 Å². The molecule has 3 atom stereocenters. The van der Waals surface area contributed by atoms with Crippen molar-refractivity contribution in [3.05, 3.63) is 0 Å². The fourth-order valence-electron chi connectivity index (χ4n) is 2.98. The summed E-state index contributed by atoms with van der Waals surface area (Å²) in [6, 6.07) is 0.709. The first-order chi connectivity index (χ1) is 7.04. The third-order valence-corrected chi connectivity index (χ3v) is 3.55. The Labute approximate surface area is 95.4 Å². The molecule has 1 heterocycles. The van der Waals surface area contributed by atoms with E-state index in [-0.39, 0.29) is 0 Å². The molecule has 1 saturated heterocycles. The molecule has 90 valence electrons. The van der Waals surface area contributed by atoms with Crippen molar-refractivity contribution in [3.8, 4) is 0 Å². The van der Waals surface area contributed by atoms with E-state index in [1.54, 1.807) is 0 Å². The number of piperidine rings is 1. The highest BCUT2D eigenvalue weighted by molar-refractivity contribution is 4.83. The van der Waals surface area contributed by atoms with Gasteiger partial charge in [-0.3, -0.25) is 4.90 Å². The van der Waals surface area contributed by atoms with Crippen molar-refractivity contribution in [2.45, 2.75) is 40.2 Å². The van der Waals surface area contributed by atoms with Crippen LogP contribution in [0.4, 0.5) is 0 Å². The van der Waals surface area contributed by atoms with E-state index >= 15 is 0 Å². The highest BCUT2D eigenvalue weighted by Crippen LogP contribution is 2.24. The van der Waals surface area contributed by atoms with Crippen LogP contribution in [-0.2, 0) is 0 Å². The van der Waals surface area contributed by atoms with E-state index in [0.29, 0.717) is 6.04 Å². The van der Waals surface area contributed by atoms with Crippen LogP contribution >= 0.6 is 0 Å². The number of nitrogens with zero attached hydrogens (tertiary/aromatic N) is 1. The van der Waals surface area contributed by atoms with Gasteiger partial charge in [0.1, 0.15) is 0 Å². The van der Waals surface area contributed by atoms with Crippen molar-refractivity contribution in [1.29, 1.82) is 0 Å². The fraction of sp³-hybridized carbons (Fsp3) is 1.00. The van der Waals surface area contributed by atoms with Crippen LogP contribution in [0, 0.1) is 17.8 Å². The lowest BCUT2D eigenvalue weighted by Gasteiger charge is -2.41. The third-order valence-electron chi connectivity index (χ3n) is 3.55. The molecule has 1 aliphatic rings. The molecule has 0 amide bonds. The smallest absolute Gasteiger partial charge is 0.0243 e. The minimum absolute atomic E-state index is 0.709. The monoisotopic (exact) mass is 212 g/mol. The van der Waals surface area contributed by atoms with Crippen LogP contribution in [-0.4, -0.2) is 37.6 Å². The van der Waals surface area contributed by atoms with Crippen LogP contribution in [0.25, 0.3) is 0 Å². The maximum absolute atomic E-state index is 3.33. The van der Waals surface area contributed by atoms with Gasteiger partial charge in [0.05, 0.1) is 0 Å². The number of hydrogen-bond donors (Lipinski definition) is 1. The average molecular weight is 212 g/mol. The second-order valence-electron chi connectivity index (χ2n) is 5.77. The summed E-state index contributed by atoms with van der Waals surface area (Å²) in [6.45, 7) is 13.2. The lowest BCUT2D eigenvalue weighted by molar-refractivity contribution is 0.0732. The molecule has 0 aromatic rings. The lowest BCUT2D eigenvalue weighted by Crippen LogP contribution is -2.50. The Kier molecular flexibility index (Phi) is 5.07. The van der Waals surface area contributed by atoms with Crippen molar-refractivity contribution in [2.75, 3.05) is 26.7 Å². The SMILES string of the molecule is CNCC(C(C)C)N1CC(C)CC(C)C1. The van der Waals surface area contributed by atoms with Gasteiger partial charge >= 0.3 is 0 Å². The Bertz CT molecular complexity index is 169. The molecule has 2 nitrogen and oxygen atoms in total. The van der Waals surface area contributed by atoms with Gasteiger partial charge in [-0.25, -0.2) is 0 Å². The molecule has 0 aliphatic carbocycles. The molecular weight excluding hydrogens is 184 g/mol. The van der Waals surface area contributed by atoms with E-state index in [9.17, 15) is 0 Å². The van der Waals surface area contributed by atoms with E-state index in [4.69, 9.17) is 0 Å². The van der Waals surface area contributed by atoms with Gasteiger partial charge in [0, 0.05) is 25.7 Å². The Morgan fingerprint density at radius 2 is 1.73 bits per heavy atom. The van der Waals surface area contributed by atoms with Crippen LogP contribution in [0.3, 0.4) is 0 Å². The molecule has 0 spiro atoms. The summed E-state index contributed by atoms with van der Waals surface area (Å²) in [5.74, 6) is 2.48. The summed E-state index contributed by atoms with van der Waals surface area (Å²) in [7, 11) is 2.06. The van der Waals surface area contributed by atoms with Crippen molar-refractivity contribution in [2.24, 2.45) is 17.8 Å². The van der Waals surface area contributed by atoms with Crippen molar-refractivity contribution in [1.82, 2.24) is 10.2 Å². The largest absolute Gasteiger partial charge is 0.318 e. The Hall–Kier alpha value is -0.0800. The van der Waals surface area contributed by atoms with Crippen molar-refractivity contribution >= 4 is 0 Å². The molecule has 15 heavy (non-hydrogen) atoms. The summed E-state index contributed by atoms with van der Waals surface area (Å²) >= 11 is 0. The molecule has 0 aromatic heterocycles. The predicted octanol–water partition coefficient (Wildman–Crippen LogP) is 2.21. The quantitative estimate of drug-likeness (QED) is 0.768. The van der Waals surface area contributed by atoms with Crippen LogP contribution < -0.4 is 5.32 Å². The molecule has 1 aliphatic heterocycles. The average Bonchev–Trinajstić information content (AvgIpc) is 2.11. The topological polar surface area (TPSA) is 15.3 Å². The van der Waals surface area contributed by atoms with Gasteiger partial charge in [0.25, 0.3) is 0 Å². The fourth-order valence-corrected chi connectivity index (χ4v) is 2.98. The van der Waals surface area contributed by atoms with Crippen molar-refractivity contribution in [3.63, 3.8) is 0 Å². The number of hydrogen-bond acceptors (Lipinski definition) is 2. The van der Waals surface area contributed by atoms with Gasteiger partial charge in [-0.2, -0.15) is 0 Å². The number of nitrogens with one attached hydrogen (secondary N) is 1. The second kappa shape index (κ2) is 5.86. The van der Waals surface area contributed by atoms with E-state index in [2.05, 4.69) is 45.0 Å². The van der Waals surface area contributed by atoms with E-state index in [0.717, 1.165) is 24.3 Å². The second-order valence-corrected chi connectivity index (χ2v) is 5.77. The minimum Gasteiger partial charge on any atom is -0.318 e. The molecule has 1 rings (SSSR count). The molecule has 3 unspecified atom stereocenters. The van der Waals surface area contributed by atoms with Crippen LogP contribution in [0.2, 0.25) is 0 Å². The molecule has 0 aromatic carbocycles. The maximum Gasteiger partial charge on any atom is 0.0243 e. The molecule has 1 fully saturated rings. The van der Waals surface area contributed by atoms with Gasteiger partial charge in [-0.05, 0) is 31.2 Å². The first-order valence-electron chi connectivity index (χ1n) is 6.43. The van der Waals surface area contributed by atoms with Gasteiger partial charge in [-0.15, -0.1) is 0 Å². The summed E-state index contributed by atoms with van der Waals surface area (Å²) in [4.78, 5) is 2.69. The van der Waals surface area contributed by atoms with Gasteiger partial charge in [0.2, 0.25) is 0 Å². The summed E-state index contributed by atoms with van der Waals surface area (Å²) in [6.07, 6.45) is 1.40. The minimum atomic E-state index is 0.709. The predicted molar refractivity (Wildman–Crippen MR) is 67.1 cm³/mol. The van der Waals surface area contributed by atoms with Crippen LogP contribution in [0.1, 0.15) is 34.1 Å². The summed E-state index contributed by atoms with van der Waals surface area (Å²) < 4.78 is 0. The highest BCUT2D eigenvalue weighted by atomic mass is 15.2. The number of likely N-dealkylation sites (N-methyl/N-ethyl adjacent to an activating group) is 1. The molecule has 2 heteroatoms. The lowest BCUT2D eigenvalue weighted by atomic mass is 9.89. The first kappa shape index (κ1) is 13.0. The zero-order valence-corrected chi connectivity index (χ0v) is 11.1. The van der Waals surface area contributed by atoms with Gasteiger partial charge in [0.15, 0.2) is 0 Å². The maximum atomic E-state index is 3.33. The van der Waals surface area contributed by atoms with Crippen molar-refractivity contribution < 1.29 is 0 Å². The van der Waals surface area contributed by atoms with E-state index in [1.807, 2.05) is 0 Å². The number of likely N-dealkylation sites (tertiary alicyclic amines) is 1. The zero-order chi connectivity index (χ0) is 11.4. The van der Waals surface area contributed by atoms with Gasteiger partial charge < -0.3 is 5.32 Å². The third kappa shape index (κ3) is 3.76. The Morgan fingerprint density at radius 3 is 2.13 bits per heavy atom. The summed E-state index contributed by atoms with van der Waals surface area (Å²) in [5, 5.41) is 3.33. The summed E-state index contributed by atoms with van der Waals surface area (Å²) in [5.41, 5.74) is 0. The normalized spacial score (nSPS) is 30.8.